The maximum absolute atomic E-state index is 13.6. The van der Waals surface area contributed by atoms with Crippen molar-refractivity contribution in [3.63, 3.8) is 0 Å². The van der Waals surface area contributed by atoms with Gasteiger partial charge in [0.05, 0.1) is 26.2 Å². The second-order valence-electron chi connectivity index (χ2n) is 8.00. The Kier molecular flexibility index (Phi) is 7.88. The van der Waals surface area contributed by atoms with E-state index in [9.17, 15) is 19.4 Å². The molecule has 2 aromatic rings. The molecule has 0 unspecified atom stereocenters. The topological polar surface area (TPSA) is 85.2 Å². The van der Waals surface area contributed by atoms with Gasteiger partial charge in [0.25, 0.3) is 0 Å². The van der Waals surface area contributed by atoms with Crippen LogP contribution in [0.2, 0.25) is 0 Å². The van der Waals surface area contributed by atoms with E-state index in [1.54, 1.807) is 18.2 Å². The SMILES string of the molecule is COc1cc(C(C)C)c(/C=C/[C@@H]2C[C@@H](O)CC(=O)O2)c(-c2ccc(F)cc2)c1OCCO. The lowest BCUT2D eigenvalue weighted by molar-refractivity contribution is -0.156. The zero-order valence-electron chi connectivity index (χ0n) is 18.5. The lowest BCUT2D eigenvalue weighted by Gasteiger charge is -2.25. The largest absolute Gasteiger partial charge is 0.493 e. The van der Waals surface area contributed by atoms with Gasteiger partial charge in [-0.1, -0.05) is 32.1 Å². The Labute approximate surface area is 187 Å². The quantitative estimate of drug-likeness (QED) is 0.597. The van der Waals surface area contributed by atoms with Crippen LogP contribution in [-0.2, 0) is 9.53 Å². The molecule has 1 heterocycles. The van der Waals surface area contributed by atoms with Gasteiger partial charge in [-0.3, -0.25) is 4.79 Å². The second kappa shape index (κ2) is 10.6. The van der Waals surface area contributed by atoms with E-state index in [1.807, 2.05) is 26.0 Å². The van der Waals surface area contributed by atoms with Gasteiger partial charge in [-0.2, -0.15) is 0 Å². The molecule has 0 aliphatic carbocycles. The highest BCUT2D eigenvalue weighted by atomic mass is 19.1. The molecule has 32 heavy (non-hydrogen) atoms. The van der Waals surface area contributed by atoms with E-state index in [-0.39, 0.29) is 31.4 Å². The average Bonchev–Trinajstić information content (AvgIpc) is 2.75. The number of methoxy groups -OCH3 is 1. The Hall–Kier alpha value is -2.90. The molecule has 0 amide bonds. The van der Waals surface area contributed by atoms with Crippen molar-refractivity contribution < 1.29 is 33.6 Å². The Morgan fingerprint density at radius 2 is 2.00 bits per heavy atom. The number of benzene rings is 2. The van der Waals surface area contributed by atoms with Crippen molar-refractivity contribution in [1.29, 1.82) is 0 Å². The molecular weight excluding hydrogens is 415 g/mol. The standard InChI is InChI=1S/C25H29FO6/c1-15(2)21-14-22(30-3)25(31-11-10-27)24(16-4-6-17(26)7-5-16)20(21)9-8-19-12-18(28)13-23(29)32-19/h4-9,14-15,18-19,27-28H,10-13H2,1-3H3/b9-8+/t18-,19-/m1/s1. The normalized spacial score (nSPS) is 18.8. The summed E-state index contributed by atoms with van der Waals surface area (Å²) in [5.74, 6) is 0.229. The van der Waals surface area contributed by atoms with Crippen LogP contribution in [0.15, 0.2) is 36.4 Å². The summed E-state index contributed by atoms with van der Waals surface area (Å²) >= 11 is 0. The zero-order chi connectivity index (χ0) is 23.3. The van der Waals surface area contributed by atoms with Crippen molar-refractivity contribution in [3.05, 3.63) is 53.4 Å². The number of aliphatic hydroxyl groups excluding tert-OH is 2. The van der Waals surface area contributed by atoms with Gasteiger partial charge in [-0.25, -0.2) is 4.39 Å². The van der Waals surface area contributed by atoms with Crippen LogP contribution in [0.3, 0.4) is 0 Å². The highest BCUT2D eigenvalue weighted by molar-refractivity contribution is 5.85. The van der Waals surface area contributed by atoms with E-state index < -0.39 is 18.2 Å². The average molecular weight is 444 g/mol. The number of carbonyl (C=O) groups excluding carboxylic acids is 1. The molecule has 0 bridgehead atoms. The van der Waals surface area contributed by atoms with Crippen LogP contribution in [-0.4, -0.2) is 48.7 Å². The van der Waals surface area contributed by atoms with Gasteiger partial charge in [-0.15, -0.1) is 0 Å². The van der Waals surface area contributed by atoms with Crippen LogP contribution in [0, 0.1) is 5.82 Å². The number of hydrogen-bond acceptors (Lipinski definition) is 6. The number of carbonyl (C=O) groups is 1. The number of hydrogen-bond donors (Lipinski definition) is 2. The molecule has 7 heteroatoms. The summed E-state index contributed by atoms with van der Waals surface area (Å²) in [6.07, 6.45) is 2.59. The highest BCUT2D eigenvalue weighted by Gasteiger charge is 2.26. The molecule has 3 rings (SSSR count). The number of rotatable bonds is 8. The summed E-state index contributed by atoms with van der Waals surface area (Å²) in [6, 6.07) is 7.92. The summed E-state index contributed by atoms with van der Waals surface area (Å²) in [4.78, 5) is 11.7. The third kappa shape index (κ3) is 5.47. The third-order valence-corrected chi connectivity index (χ3v) is 5.30. The molecule has 6 nitrogen and oxygen atoms in total. The lowest BCUT2D eigenvalue weighted by atomic mass is 9.88. The molecule has 2 N–H and O–H groups in total. The first-order valence-electron chi connectivity index (χ1n) is 10.6. The summed E-state index contributed by atoms with van der Waals surface area (Å²) in [5, 5.41) is 19.3. The Bertz CT molecular complexity index is 967. The summed E-state index contributed by atoms with van der Waals surface area (Å²) in [6.45, 7) is 3.96. The fourth-order valence-corrected chi connectivity index (χ4v) is 3.81. The van der Waals surface area contributed by atoms with Crippen LogP contribution in [0.5, 0.6) is 11.5 Å². The minimum Gasteiger partial charge on any atom is -0.493 e. The van der Waals surface area contributed by atoms with Gasteiger partial charge in [-0.05, 0) is 46.9 Å². The minimum absolute atomic E-state index is 0.00982. The van der Waals surface area contributed by atoms with Gasteiger partial charge in [0, 0.05) is 12.0 Å². The molecule has 1 fully saturated rings. The molecule has 0 radical (unpaired) electrons. The fourth-order valence-electron chi connectivity index (χ4n) is 3.81. The summed E-state index contributed by atoms with van der Waals surface area (Å²) < 4.78 is 30.5. The fraction of sp³-hybridized carbons (Fsp3) is 0.400. The van der Waals surface area contributed by atoms with E-state index in [4.69, 9.17) is 14.2 Å². The predicted molar refractivity (Wildman–Crippen MR) is 119 cm³/mol. The van der Waals surface area contributed by atoms with Crippen molar-refractivity contribution in [2.75, 3.05) is 20.3 Å². The smallest absolute Gasteiger partial charge is 0.309 e. The zero-order valence-corrected chi connectivity index (χ0v) is 18.5. The highest BCUT2D eigenvalue weighted by Crippen LogP contribution is 2.45. The van der Waals surface area contributed by atoms with Gasteiger partial charge >= 0.3 is 5.97 Å². The Morgan fingerprint density at radius 3 is 2.59 bits per heavy atom. The van der Waals surface area contributed by atoms with E-state index in [1.165, 1.54) is 19.2 Å². The van der Waals surface area contributed by atoms with Gasteiger partial charge < -0.3 is 24.4 Å². The van der Waals surface area contributed by atoms with Crippen LogP contribution >= 0.6 is 0 Å². The van der Waals surface area contributed by atoms with E-state index in [0.717, 1.165) is 11.1 Å². The molecule has 1 aliphatic rings. The molecular formula is C25H29FO6. The first kappa shape index (κ1) is 23.8. The maximum atomic E-state index is 13.6. The van der Waals surface area contributed by atoms with E-state index >= 15 is 0 Å². The molecule has 2 atom stereocenters. The van der Waals surface area contributed by atoms with Gasteiger partial charge in [0.15, 0.2) is 11.5 Å². The predicted octanol–water partition coefficient (Wildman–Crippen LogP) is 4.08. The molecule has 0 aromatic heterocycles. The van der Waals surface area contributed by atoms with Crippen molar-refractivity contribution in [3.8, 4) is 22.6 Å². The number of esters is 1. The summed E-state index contributed by atoms with van der Waals surface area (Å²) in [7, 11) is 1.54. The molecule has 1 saturated heterocycles. The number of aliphatic hydroxyl groups is 2. The monoisotopic (exact) mass is 444 g/mol. The first-order chi connectivity index (χ1) is 15.3. The van der Waals surface area contributed by atoms with Crippen LogP contribution < -0.4 is 9.47 Å². The van der Waals surface area contributed by atoms with Crippen molar-refractivity contribution >= 4 is 12.0 Å². The lowest BCUT2D eigenvalue weighted by Crippen LogP contribution is -2.31. The second-order valence-corrected chi connectivity index (χ2v) is 8.00. The van der Waals surface area contributed by atoms with Crippen LogP contribution in [0.25, 0.3) is 17.2 Å². The Morgan fingerprint density at radius 1 is 1.28 bits per heavy atom. The van der Waals surface area contributed by atoms with Crippen LogP contribution in [0.4, 0.5) is 4.39 Å². The summed E-state index contributed by atoms with van der Waals surface area (Å²) in [5.41, 5.74) is 3.15. The van der Waals surface area contributed by atoms with E-state index in [0.29, 0.717) is 29.0 Å². The van der Waals surface area contributed by atoms with Crippen molar-refractivity contribution in [2.45, 2.75) is 44.8 Å². The first-order valence-corrected chi connectivity index (χ1v) is 10.6. The number of cyclic esters (lactones) is 1. The molecule has 0 spiro atoms. The Balaban J connectivity index is 2.20. The third-order valence-electron chi connectivity index (χ3n) is 5.30. The molecule has 2 aromatic carbocycles. The maximum Gasteiger partial charge on any atom is 0.309 e. The molecule has 1 aliphatic heterocycles. The van der Waals surface area contributed by atoms with Gasteiger partial charge in [0.2, 0.25) is 0 Å². The van der Waals surface area contributed by atoms with Crippen molar-refractivity contribution in [2.24, 2.45) is 0 Å². The van der Waals surface area contributed by atoms with Crippen LogP contribution in [0.1, 0.15) is 43.7 Å². The van der Waals surface area contributed by atoms with Gasteiger partial charge in [0.1, 0.15) is 18.5 Å². The minimum atomic E-state index is -0.744. The molecule has 172 valence electrons. The number of ether oxygens (including phenoxy) is 3. The van der Waals surface area contributed by atoms with E-state index in [2.05, 4.69) is 0 Å². The molecule has 0 saturated carbocycles. The number of halogens is 1. The van der Waals surface area contributed by atoms with Crippen molar-refractivity contribution in [1.82, 2.24) is 0 Å².